The monoisotopic (exact) mass is 213 g/mol. The number of hydrogen-bond acceptors (Lipinski definition) is 3. The Morgan fingerprint density at radius 1 is 1.64 bits per heavy atom. The van der Waals surface area contributed by atoms with E-state index in [0.29, 0.717) is 0 Å². The molecule has 0 unspecified atom stereocenters. The molecule has 0 aliphatic heterocycles. The lowest BCUT2D eigenvalue weighted by atomic mass is 10.3. The van der Waals surface area contributed by atoms with E-state index in [1.54, 1.807) is 6.20 Å². The highest BCUT2D eigenvalue weighted by atomic mass is 79.9. The van der Waals surface area contributed by atoms with Gasteiger partial charge in [0.15, 0.2) is 0 Å². The molecule has 0 bridgehead atoms. The highest BCUT2D eigenvalue weighted by Gasteiger charge is 1.96. The lowest BCUT2D eigenvalue weighted by molar-refractivity contribution is 1.20. The maximum absolute atomic E-state index is 5.08. The van der Waals surface area contributed by atoms with Gasteiger partial charge in [-0.25, -0.2) is 0 Å². The van der Waals surface area contributed by atoms with Gasteiger partial charge in [-0.15, -0.1) is 0 Å². The Bertz CT molecular complexity index is 266. The molecule has 1 aromatic rings. The second-order valence-electron chi connectivity index (χ2n) is 2.08. The van der Waals surface area contributed by atoms with Crippen LogP contribution in [0.3, 0.4) is 0 Å². The molecule has 0 atom stereocenters. The van der Waals surface area contributed by atoms with Gasteiger partial charge in [0.2, 0.25) is 0 Å². The van der Waals surface area contributed by atoms with Gasteiger partial charge in [-0.2, -0.15) is 5.10 Å². The minimum atomic E-state index is 0.734. The molecule has 1 heterocycles. The molecule has 0 radical (unpaired) electrons. The molecule has 4 heteroatoms. The molecule has 0 saturated carbocycles. The zero-order valence-electron chi connectivity index (χ0n) is 6.08. The van der Waals surface area contributed by atoms with Crippen molar-refractivity contribution in [2.45, 2.75) is 6.92 Å². The Balaban J connectivity index is 2.99. The zero-order chi connectivity index (χ0) is 8.27. The van der Waals surface area contributed by atoms with Crippen molar-refractivity contribution in [1.82, 2.24) is 4.98 Å². The normalized spacial score (nSPS) is 11.6. The first-order valence-corrected chi connectivity index (χ1v) is 3.89. The van der Waals surface area contributed by atoms with Crippen molar-refractivity contribution in [3.05, 3.63) is 28.5 Å². The maximum atomic E-state index is 5.08. The second kappa shape index (κ2) is 3.48. The average Bonchev–Trinajstić information content (AvgIpc) is 2.05. The molecule has 0 spiro atoms. The summed E-state index contributed by atoms with van der Waals surface area (Å²) < 4.78 is 0.950. The number of nitrogens with two attached hydrogens (primary N) is 1. The summed E-state index contributed by atoms with van der Waals surface area (Å²) in [7, 11) is 0. The number of hydrogen-bond donors (Lipinski definition) is 1. The van der Waals surface area contributed by atoms with E-state index in [1.165, 1.54) is 0 Å². The zero-order valence-corrected chi connectivity index (χ0v) is 7.67. The number of halogens is 1. The van der Waals surface area contributed by atoms with Gasteiger partial charge in [0.05, 0.1) is 11.4 Å². The van der Waals surface area contributed by atoms with E-state index in [4.69, 9.17) is 5.84 Å². The van der Waals surface area contributed by atoms with Crippen LogP contribution in [-0.4, -0.2) is 10.7 Å². The fraction of sp³-hybridized carbons (Fsp3) is 0.143. The lowest BCUT2D eigenvalue weighted by Gasteiger charge is -1.96. The molecule has 0 saturated heterocycles. The van der Waals surface area contributed by atoms with Crippen LogP contribution in [0.4, 0.5) is 0 Å². The van der Waals surface area contributed by atoms with Crippen LogP contribution in [0.15, 0.2) is 27.9 Å². The van der Waals surface area contributed by atoms with E-state index in [1.807, 2.05) is 19.1 Å². The number of pyridine rings is 1. The SMILES string of the molecule is C/C(=N\N)c1ccc(Br)cn1. The maximum Gasteiger partial charge on any atom is 0.0860 e. The minimum absolute atomic E-state index is 0.734. The largest absolute Gasteiger partial charge is 0.323 e. The molecule has 1 rings (SSSR count). The van der Waals surface area contributed by atoms with E-state index in [2.05, 4.69) is 26.0 Å². The van der Waals surface area contributed by atoms with Gasteiger partial charge in [-0.05, 0) is 35.0 Å². The van der Waals surface area contributed by atoms with Crippen LogP contribution in [0.2, 0.25) is 0 Å². The molecular formula is C7H8BrN3. The Morgan fingerprint density at radius 3 is 2.82 bits per heavy atom. The van der Waals surface area contributed by atoms with Crippen molar-refractivity contribution in [3.63, 3.8) is 0 Å². The first-order chi connectivity index (χ1) is 5.24. The number of aromatic nitrogens is 1. The van der Waals surface area contributed by atoms with Gasteiger partial charge in [0.25, 0.3) is 0 Å². The van der Waals surface area contributed by atoms with Crippen molar-refractivity contribution in [1.29, 1.82) is 0 Å². The van der Waals surface area contributed by atoms with Gasteiger partial charge in [-0.3, -0.25) is 4.98 Å². The lowest BCUT2D eigenvalue weighted by Crippen LogP contribution is -2.00. The first kappa shape index (κ1) is 8.20. The van der Waals surface area contributed by atoms with Gasteiger partial charge in [0.1, 0.15) is 0 Å². The molecule has 58 valence electrons. The van der Waals surface area contributed by atoms with Gasteiger partial charge in [0, 0.05) is 10.7 Å². The first-order valence-electron chi connectivity index (χ1n) is 3.10. The summed E-state index contributed by atoms with van der Waals surface area (Å²) in [4.78, 5) is 4.09. The molecule has 0 amide bonds. The quantitative estimate of drug-likeness (QED) is 0.437. The van der Waals surface area contributed by atoms with Crippen molar-refractivity contribution < 1.29 is 0 Å². The third kappa shape index (κ3) is 2.01. The Kier molecular flexibility index (Phi) is 2.59. The average molecular weight is 214 g/mol. The van der Waals surface area contributed by atoms with E-state index in [0.717, 1.165) is 15.9 Å². The number of nitrogens with zero attached hydrogens (tertiary/aromatic N) is 2. The Labute approximate surface area is 73.5 Å². The molecule has 0 aromatic carbocycles. The fourth-order valence-corrected chi connectivity index (χ4v) is 0.891. The number of rotatable bonds is 1. The van der Waals surface area contributed by atoms with Crippen LogP contribution >= 0.6 is 15.9 Å². The minimum Gasteiger partial charge on any atom is -0.323 e. The second-order valence-corrected chi connectivity index (χ2v) is 2.99. The van der Waals surface area contributed by atoms with Crippen LogP contribution in [0, 0.1) is 0 Å². The van der Waals surface area contributed by atoms with Gasteiger partial charge in [-0.1, -0.05) is 0 Å². The third-order valence-corrected chi connectivity index (χ3v) is 1.76. The molecule has 1 aromatic heterocycles. The summed E-state index contributed by atoms with van der Waals surface area (Å²) in [6.45, 7) is 1.82. The number of hydrazone groups is 1. The third-order valence-electron chi connectivity index (χ3n) is 1.29. The van der Waals surface area contributed by atoms with Crippen LogP contribution in [0.25, 0.3) is 0 Å². The van der Waals surface area contributed by atoms with Crippen molar-refractivity contribution in [2.24, 2.45) is 10.9 Å². The molecule has 0 aliphatic rings. The summed E-state index contributed by atoms with van der Waals surface area (Å²) in [6.07, 6.45) is 1.71. The Morgan fingerprint density at radius 2 is 2.36 bits per heavy atom. The van der Waals surface area contributed by atoms with Crippen molar-refractivity contribution in [2.75, 3.05) is 0 Å². The summed E-state index contributed by atoms with van der Waals surface area (Å²) in [5.41, 5.74) is 1.54. The fourth-order valence-electron chi connectivity index (χ4n) is 0.656. The van der Waals surface area contributed by atoms with Gasteiger partial charge >= 0.3 is 0 Å². The van der Waals surface area contributed by atoms with E-state index >= 15 is 0 Å². The topological polar surface area (TPSA) is 51.3 Å². The van der Waals surface area contributed by atoms with Crippen molar-refractivity contribution in [3.8, 4) is 0 Å². The predicted molar refractivity (Wildman–Crippen MR) is 48.3 cm³/mol. The highest BCUT2D eigenvalue weighted by molar-refractivity contribution is 9.10. The molecular weight excluding hydrogens is 206 g/mol. The van der Waals surface area contributed by atoms with E-state index in [-0.39, 0.29) is 0 Å². The van der Waals surface area contributed by atoms with Crippen LogP contribution < -0.4 is 5.84 Å². The standard InChI is InChI=1S/C7H8BrN3/c1-5(11-9)7-3-2-6(8)4-10-7/h2-4H,9H2,1H3/b11-5+. The Hall–Kier alpha value is -0.900. The summed E-state index contributed by atoms with van der Waals surface area (Å²) in [6, 6.07) is 3.76. The van der Waals surface area contributed by atoms with Crippen LogP contribution in [0.5, 0.6) is 0 Å². The predicted octanol–water partition coefficient (Wildman–Crippen LogP) is 1.53. The molecule has 0 fully saturated rings. The molecule has 3 nitrogen and oxygen atoms in total. The van der Waals surface area contributed by atoms with Gasteiger partial charge < -0.3 is 5.84 Å². The van der Waals surface area contributed by atoms with E-state index < -0.39 is 0 Å². The van der Waals surface area contributed by atoms with Crippen LogP contribution in [0.1, 0.15) is 12.6 Å². The highest BCUT2D eigenvalue weighted by Crippen LogP contribution is 2.07. The van der Waals surface area contributed by atoms with E-state index in [9.17, 15) is 0 Å². The molecule has 2 N–H and O–H groups in total. The van der Waals surface area contributed by atoms with Crippen molar-refractivity contribution >= 4 is 21.6 Å². The smallest absolute Gasteiger partial charge is 0.0860 e. The summed E-state index contributed by atoms with van der Waals surface area (Å²) >= 11 is 3.28. The molecule has 11 heavy (non-hydrogen) atoms. The summed E-state index contributed by atoms with van der Waals surface area (Å²) in [5.74, 6) is 5.08. The summed E-state index contributed by atoms with van der Waals surface area (Å²) in [5, 5.41) is 3.53. The van der Waals surface area contributed by atoms with Crippen LogP contribution in [-0.2, 0) is 0 Å². The molecule has 0 aliphatic carbocycles.